The number of fused-ring (bicyclic) bond motifs is 1. The van der Waals surface area contributed by atoms with E-state index in [-0.39, 0.29) is 5.54 Å². The predicted molar refractivity (Wildman–Crippen MR) is 48.8 cm³/mol. The van der Waals surface area contributed by atoms with E-state index in [1.54, 1.807) is 7.11 Å². The van der Waals surface area contributed by atoms with Crippen molar-refractivity contribution in [1.82, 2.24) is 0 Å². The molecule has 3 unspecified atom stereocenters. The fourth-order valence-electron chi connectivity index (χ4n) is 3.01. The molecule has 0 heterocycles. The molecule has 12 heavy (non-hydrogen) atoms. The van der Waals surface area contributed by atoms with Crippen LogP contribution in [-0.2, 0) is 4.74 Å². The molecule has 0 saturated heterocycles. The lowest BCUT2D eigenvalue weighted by molar-refractivity contribution is 0.0974. The van der Waals surface area contributed by atoms with E-state index < -0.39 is 0 Å². The lowest BCUT2D eigenvalue weighted by Crippen LogP contribution is -2.33. The third-order valence-corrected chi connectivity index (χ3v) is 3.83. The maximum absolute atomic E-state index is 6.29. The standard InChI is InChI=1S/C10H19NO/c1-7(12-2)6-10(11)8-4-3-5-9(8)10/h7-9H,3-6,11H2,1-2H3. The molecular formula is C10H19NO. The third kappa shape index (κ3) is 1.09. The number of hydrogen-bond donors (Lipinski definition) is 1. The van der Waals surface area contributed by atoms with Crippen LogP contribution in [0.2, 0.25) is 0 Å². The smallest absolute Gasteiger partial charge is 0.0560 e. The largest absolute Gasteiger partial charge is 0.382 e. The van der Waals surface area contributed by atoms with Crippen molar-refractivity contribution in [2.45, 2.75) is 44.2 Å². The Morgan fingerprint density at radius 1 is 1.50 bits per heavy atom. The molecule has 0 amide bonds. The first kappa shape index (κ1) is 8.52. The number of hydrogen-bond acceptors (Lipinski definition) is 2. The highest BCUT2D eigenvalue weighted by atomic mass is 16.5. The Bertz CT molecular complexity index is 171. The molecule has 2 nitrogen and oxygen atoms in total. The van der Waals surface area contributed by atoms with Crippen LogP contribution in [0.1, 0.15) is 32.6 Å². The Kier molecular flexibility index (Phi) is 1.92. The van der Waals surface area contributed by atoms with E-state index in [0.29, 0.717) is 6.10 Å². The molecule has 0 bridgehead atoms. The van der Waals surface area contributed by atoms with Gasteiger partial charge in [-0.05, 0) is 38.0 Å². The molecule has 70 valence electrons. The molecule has 2 rings (SSSR count). The number of nitrogens with two attached hydrogens (primary N) is 1. The van der Waals surface area contributed by atoms with Gasteiger partial charge in [-0.25, -0.2) is 0 Å². The first-order valence-corrected chi connectivity index (χ1v) is 5.00. The SMILES string of the molecule is COC(C)CC1(N)C2CCCC21. The average Bonchev–Trinajstić information content (AvgIpc) is 2.54. The quantitative estimate of drug-likeness (QED) is 0.695. The number of methoxy groups -OCH3 is 1. The fourth-order valence-corrected chi connectivity index (χ4v) is 3.01. The minimum absolute atomic E-state index is 0.160. The topological polar surface area (TPSA) is 35.2 Å². The van der Waals surface area contributed by atoms with Crippen LogP contribution in [0.15, 0.2) is 0 Å². The van der Waals surface area contributed by atoms with Gasteiger partial charge in [-0.1, -0.05) is 6.42 Å². The summed E-state index contributed by atoms with van der Waals surface area (Å²) in [5, 5.41) is 0. The Morgan fingerprint density at radius 3 is 2.58 bits per heavy atom. The van der Waals surface area contributed by atoms with Gasteiger partial charge in [0, 0.05) is 12.6 Å². The van der Waals surface area contributed by atoms with Crippen LogP contribution in [0.5, 0.6) is 0 Å². The summed E-state index contributed by atoms with van der Waals surface area (Å²) in [6.45, 7) is 2.11. The van der Waals surface area contributed by atoms with Crippen LogP contribution in [0.25, 0.3) is 0 Å². The Hall–Kier alpha value is -0.0800. The van der Waals surface area contributed by atoms with Crippen molar-refractivity contribution >= 4 is 0 Å². The zero-order valence-electron chi connectivity index (χ0n) is 8.05. The predicted octanol–water partition coefficient (Wildman–Crippen LogP) is 1.54. The molecule has 2 N–H and O–H groups in total. The normalized spacial score (nSPS) is 47.2. The van der Waals surface area contributed by atoms with Gasteiger partial charge in [0.05, 0.1) is 6.10 Å². The third-order valence-electron chi connectivity index (χ3n) is 3.83. The molecule has 2 aliphatic carbocycles. The van der Waals surface area contributed by atoms with Crippen LogP contribution >= 0.6 is 0 Å². The summed E-state index contributed by atoms with van der Waals surface area (Å²) in [6.07, 6.45) is 5.50. The Labute approximate surface area is 74.5 Å². The van der Waals surface area contributed by atoms with E-state index >= 15 is 0 Å². The fraction of sp³-hybridized carbons (Fsp3) is 1.00. The first-order valence-electron chi connectivity index (χ1n) is 5.00. The lowest BCUT2D eigenvalue weighted by atomic mass is 10.00. The second-order valence-corrected chi connectivity index (χ2v) is 4.51. The minimum Gasteiger partial charge on any atom is -0.382 e. The van der Waals surface area contributed by atoms with E-state index in [9.17, 15) is 0 Å². The molecule has 0 radical (unpaired) electrons. The monoisotopic (exact) mass is 169 g/mol. The second kappa shape index (κ2) is 2.71. The van der Waals surface area contributed by atoms with Crippen LogP contribution < -0.4 is 5.73 Å². The van der Waals surface area contributed by atoms with Gasteiger partial charge in [0.15, 0.2) is 0 Å². The Balaban J connectivity index is 1.89. The van der Waals surface area contributed by atoms with Crippen molar-refractivity contribution in [3.8, 4) is 0 Å². The highest BCUT2D eigenvalue weighted by Gasteiger charge is 2.63. The molecule has 2 fully saturated rings. The van der Waals surface area contributed by atoms with Gasteiger partial charge in [-0.15, -0.1) is 0 Å². The maximum atomic E-state index is 6.29. The van der Waals surface area contributed by atoms with E-state index in [1.165, 1.54) is 19.3 Å². The zero-order valence-corrected chi connectivity index (χ0v) is 8.05. The summed E-state index contributed by atoms with van der Waals surface area (Å²) in [6, 6.07) is 0. The summed E-state index contributed by atoms with van der Waals surface area (Å²) in [7, 11) is 1.77. The van der Waals surface area contributed by atoms with E-state index in [2.05, 4.69) is 6.92 Å². The van der Waals surface area contributed by atoms with Crippen LogP contribution in [0, 0.1) is 11.8 Å². The van der Waals surface area contributed by atoms with Gasteiger partial charge in [0.2, 0.25) is 0 Å². The van der Waals surface area contributed by atoms with E-state index in [1.807, 2.05) is 0 Å². The molecule has 0 spiro atoms. The molecule has 2 heteroatoms. The molecule has 3 atom stereocenters. The Morgan fingerprint density at radius 2 is 2.08 bits per heavy atom. The summed E-state index contributed by atoms with van der Waals surface area (Å²) in [5.74, 6) is 1.66. The highest BCUT2D eigenvalue weighted by Crippen LogP contribution is 2.61. The molecule has 0 aliphatic heterocycles. The zero-order chi connectivity index (χ0) is 8.77. The van der Waals surface area contributed by atoms with Crippen molar-refractivity contribution < 1.29 is 4.74 Å². The van der Waals surface area contributed by atoms with Gasteiger partial charge in [0.25, 0.3) is 0 Å². The highest BCUT2D eigenvalue weighted by molar-refractivity contribution is 5.18. The van der Waals surface area contributed by atoms with Gasteiger partial charge >= 0.3 is 0 Å². The second-order valence-electron chi connectivity index (χ2n) is 4.51. The molecule has 0 aromatic heterocycles. The van der Waals surface area contributed by atoms with E-state index in [0.717, 1.165) is 18.3 Å². The number of rotatable bonds is 3. The van der Waals surface area contributed by atoms with Gasteiger partial charge < -0.3 is 10.5 Å². The summed E-state index contributed by atoms with van der Waals surface area (Å²) in [5.41, 5.74) is 6.45. The van der Waals surface area contributed by atoms with Gasteiger partial charge in [-0.3, -0.25) is 0 Å². The van der Waals surface area contributed by atoms with Crippen LogP contribution in [0.3, 0.4) is 0 Å². The number of ether oxygens (including phenoxy) is 1. The molecule has 2 aliphatic rings. The van der Waals surface area contributed by atoms with Gasteiger partial charge in [-0.2, -0.15) is 0 Å². The van der Waals surface area contributed by atoms with Crippen LogP contribution in [-0.4, -0.2) is 18.8 Å². The molecule has 2 saturated carbocycles. The van der Waals surface area contributed by atoms with Gasteiger partial charge in [0.1, 0.15) is 0 Å². The van der Waals surface area contributed by atoms with Crippen molar-refractivity contribution in [1.29, 1.82) is 0 Å². The van der Waals surface area contributed by atoms with Crippen molar-refractivity contribution in [2.24, 2.45) is 17.6 Å². The average molecular weight is 169 g/mol. The molecule has 0 aromatic carbocycles. The van der Waals surface area contributed by atoms with E-state index in [4.69, 9.17) is 10.5 Å². The molecule has 0 aromatic rings. The van der Waals surface area contributed by atoms with Crippen molar-refractivity contribution in [3.05, 3.63) is 0 Å². The van der Waals surface area contributed by atoms with Crippen molar-refractivity contribution in [2.75, 3.05) is 7.11 Å². The summed E-state index contributed by atoms with van der Waals surface area (Å²) >= 11 is 0. The maximum Gasteiger partial charge on any atom is 0.0560 e. The minimum atomic E-state index is 0.160. The molecular weight excluding hydrogens is 150 g/mol. The van der Waals surface area contributed by atoms with Crippen LogP contribution in [0.4, 0.5) is 0 Å². The lowest BCUT2D eigenvalue weighted by Gasteiger charge is -2.19. The summed E-state index contributed by atoms with van der Waals surface area (Å²) < 4.78 is 5.25. The van der Waals surface area contributed by atoms with Crippen molar-refractivity contribution in [3.63, 3.8) is 0 Å². The first-order chi connectivity index (χ1) is 5.68. The summed E-state index contributed by atoms with van der Waals surface area (Å²) in [4.78, 5) is 0.